The highest BCUT2D eigenvalue weighted by atomic mass is 16.5. The number of hydrogen-bond donors (Lipinski definition) is 1. The summed E-state index contributed by atoms with van der Waals surface area (Å²) in [5.41, 5.74) is 3.72. The summed E-state index contributed by atoms with van der Waals surface area (Å²) >= 11 is 0. The highest BCUT2D eigenvalue weighted by Gasteiger charge is 2.51. The zero-order chi connectivity index (χ0) is 19.7. The summed E-state index contributed by atoms with van der Waals surface area (Å²) in [6.45, 7) is 0. The lowest BCUT2D eigenvalue weighted by Gasteiger charge is -2.56. The predicted molar refractivity (Wildman–Crippen MR) is 107 cm³/mol. The van der Waals surface area contributed by atoms with E-state index in [-0.39, 0.29) is 11.3 Å². The largest absolute Gasteiger partial charge is 0.493 e. The third-order valence-corrected chi connectivity index (χ3v) is 6.79. The fourth-order valence-corrected chi connectivity index (χ4v) is 6.24. The second-order valence-electron chi connectivity index (χ2n) is 8.85. The molecule has 6 heteroatoms. The molecule has 4 aliphatic rings. The molecule has 5 rings (SSSR count). The zero-order valence-electron chi connectivity index (χ0n) is 17.0. The summed E-state index contributed by atoms with van der Waals surface area (Å²) in [7, 11) is 4.72. The molecule has 0 spiro atoms. The predicted octanol–water partition coefficient (Wildman–Crippen LogP) is 3.77. The number of carbonyl (C=O) groups is 1. The average Bonchev–Trinajstić information content (AvgIpc) is 2.65. The molecule has 1 aromatic carbocycles. The first-order valence-electron chi connectivity index (χ1n) is 10.2. The van der Waals surface area contributed by atoms with Crippen molar-refractivity contribution in [1.82, 2.24) is 5.43 Å². The molecule has 0 heterocycles. The third kappa shape index (κ3) is 3.69. The van der Waals surface area contributed by atoms with Crippen LogP contribution in [0.25, 0.3) is 0 Å². The highest BCUT2D eigenvalue weighted by Crippen LogP contribution is 2.61. The van der Waals surface area contributed by atoms with E-state index in [0.29, 0.717) is 23.7 Å². The van der Waals surface area contributed by atoms with E-state index in [0.717, 1.165) is 23.3 Å². The van der Waals surface area contributed by atoms with Gasteiger partial charge < -0.3 is 14.2 Å². The Morgan fingerprint density at radius 3 is 2.04 bits per heavy atom. The van der Waals surface area contributed by atoms with Crippen molar-refractivity contribution in [3.05, 3.63) is 17.7 Å². The number of benzene rings is 1. The Kier molecular flexibility index (Phi) is 5.21. The first-order valence-corrected chi connectivity index (χ1v) is 10.2. The van der Waals surface area contributed by atoms with Crippen molar-refractivity contribution in [1.29, 1.82) is 0 Å². The zero-order valence-corrected chi connectivity index (χ0v) is 17.0. The van der Waals surface area contributed by atoms with Crippen molar-refractivity contribution >= 4 is 12.1 Å². The first kappa shape index (κ1) is 19.1. The molecule has 4 fully saturated rings. The average molecular weight is 386 g/mol. The molecule has 0 atom stereocenters. The minimum absolute atomic E-state index is 0.0191. The number of rotatable bonds is 7. The van der Waals surface area contributed by atoms with Crippen LogP contribution in [0, 0.1) is 23.2 Å². The van der Waals surface area contributed by atoms with Crippen LogP contribution in [0.3, 0.4) is 0 Å². The van der Waals surface area contributed by atoms with E-state index in [4.69, 9.17) is 14.2 Å². The van der Waals surface area contributed by atoms with Crippen molar-refractivity contribution < 1.29 is 19.0 Å². The van der Waals surface area contributed by atoms with Gasteiger partial charge in [-0.05, 0) is 73.8 Å². The van der Waals surface area contributed by atoms with Crippen LogP contribution >= 0.6 is 0 Å². The van der Waals surface area contributed by atoms with Gasteiger partial charge in [-0.25, -0.2) is 5.43 Å². The van der Waals surface area contributed by atoms with Crippen LogP contribution in [0.2, 0.25) is 0 Å². The number of hydrazone groups is 1. The SMILES string of the molecule is COc1cc(C=NNC(=O)CC23CC4CC(CC(C4)C2)C3)cc(OC)c1OC. The Morgan fingerprint density at radius 1 is 1.04 bits per heavy atom. The smallest absolute Gasteiger partial charge is 0.240 e. The summed E-state index contributed by atoms with van der Waals surface area (Å²) in [6, 6.07) is 3.60. The minimum Gasteiger partial charge on any atom is -0.493 e. The summed E-state index contributed by atoms with van der Waals surface area (Å²) in [4.78, 5) is 12.6. The van der Waals surface area contributed by atoms with Gasteiger partial charge in [-0.3, -0.25) is 4.79 Å². The normalized spacial score (nSPS) is 30.5. The van der Waals surface area contributed by atoms with Gasteiger partial charge in [0.05, 0.1) is 27.5 Å². The second kappa shape index (κ2) is 7.64. The van der Waals surface area contributed by atoms with Gasteiger partial charge in [0, 0.05) is 12.0 Å². The molecule has 152 valence electrons. The molecule has 1 amide bonds. The van der Waals surface area contributed by atoms with E-state index in [2.05, 4.69) is 10.5 Å². The molecule has 0 aliphatic heterocycles. The molecule has 0 saturated heterocycles. The monoisotopic (exact) mass is 386 g/mol. The lowest BCUT2D eigenvalue weighted by atomic mass is 9.49. The molecule has 4 aliphatic carbocycles. The maximum atomic E-state index is 12.6. The summed E-state index contributed by atoms with van der Waals surface area (Å²) in [5, 5.41) is 4.17. The van der Waals surface area contributed by atoms with E-state index in [1.165, 1.54) is 38.5 Å². The summed E-state index contributed by atoms with van der Waals surface area (Å²) in [6.07, 6.45) is 10.1. The second-order valence-corrected chi connectivity index (χ2v) is 8.85. The van der Waals surface area contributed by atoms with Crippen LogP contribution in [-0.2, 0) is 4.79 Å². The van der Waals surface area contributed by atoms with Gasteiger partial charge >= 0.3 is 0 Å². The number of methoxy groups -OCH3 is 3. The molecule has 1 aromatic rings. The van der Waals surface area contributed by atoms with Gasteiger partial charge in [-0.1, -0.05) is 0 Å². The Hall–Kier alpha value is -2.24. The van der Waals surface area contributed by atoms with E-state index in [1.54, 1.807) is 39.7 Å². The Bertz CT molecular complexity index is 714. The molecular formula is C22H30N2O4. The number of nitrogens with zero attached hydrogens (tertiary/aromatic N) is 1. The van der Waals surface area contributed by atoms with Gasteiger partial charge in [0.25, 0.3) is 0 Å². The van der Waals surface area contributed by atoms with Gasteiger partial charge in [-0.2, -0.15) is 5.10 Å². The first-order chi connectivity index (χ1) is 13.5. The molecule has 1 N–H and O–H groups in total. The van der Waals surface area contributed by atoms with Gasteiger partial charge in [0.1, 0.15) is 0 Å². The van der Waals surface area contributed by atoms with Gasteiger partial charge in [0.2, 0.25) is 11.7 Å². The van der Waals surface area contributed by atoms with Crippen molar-refractivity contribution in [3.63, 3.8) is 0 Å². The van der Waals surface area contributed by atoms with E-state index in [9.17, 15) is 4.79 Å². The lowest BCUT2D eigenvalue weighted by molar-refractivity contribution is -0.129. The van der Waals surface area contributed by atoms with Crippen molar-refractivity contribution in [3.8, 4) is 17.2 Å². The maximum absolute atomic E-state index is 12.6. The van der Waals surface area contributed by atoms with Crippen LogP contribution in [0.1, 0.15) is 50.5 Å². The van der Waals surface area contributed by atoms with Gasteiger partial charge in [0.15, 0.2) is 11.5 Å². The molecule has 4 bridgehead atoms. The molecule has 6 nitrogen and oxygen atoms in total. The molecule has 0 radical (unpaired) electrons. The van der Waals surface area contributed by atoms with E-state index >= 15 is 0 Å². The summed E-state index contributed by atoms with van der Waals surface area (Å²) in [5.74, 6) is 4.22. The number of carbonyl (C=O) groups excluding carboxylic acids is 1. The molecule has 0 unspecified atom stereocenters. The van der Waals surface area contributed by atoms with Crippen molar-refractivity contribution in [2.24, 2.45) is 28.3 Å². The van der Waals surface area contributed by atoms with Crippen LogP contribution in [-0.4, -0.2) is 33.5 Å². The topological polar surface area (TPSA) is 69.2 Å². The third-order valence-electron chi connectivity index (χ3n) is 6.79. The minimum atomic E-state index is 0.0191. The number of ether oxygens (including phenoxy) is 3. The Balaban J connectivity index is 1.39. The molecular weight excluding hydrogens is 356 g/mol. The Labute approximate surface area is 166 Å². The molecule has 28 heavy (non-hydrogen) atoms. The van der Waals surface area contributed by atoms with Crippen LogP contribution in [0.5, 0.6) is 17.2 Å². The number of amides is 1. The highest BCUT2D eigenvalue weighted by molar-refractivity contribution is 5.84. The van der Waals surface area contributed by atoms with Crippen LogP contribution < -0.4 is 19.6 Å². The van der Waals surface area contributed by atoms with E-state index < -0.39 is 0 Å². The quantitative estimate of drug-likeness (QED) is 0.572. The van der Waals surface area contributed by atoms with Crippen molar-refractivity contribution in [2.45, 2.75) is 44.9 Å². The molecule has 4 saturated carbocycles. The number of nitrogens with one attached hydrogen (secondary N) is 1. The van der Waals surface area contributed by atoms with E-state index in [1.807, 2.05) is 0 Å². The maximum Gasteiger partial charge on any atom is 0.240 e. The fraction of sp³-hybridized carbons (Fsp3) is 0.636. The lowest BCUT2D eigenvalue weighted by Crippen LogP contribution is -2.47. The van der Waals surface area contributed by atoms with Gasteiger partial charge in [-0.15, -0.1) is 0 Å². The number of hydrogen-bond acceptors (Lipinski definition) is 5. The summed E-state index contributed by atoms with van der Waals surface area (Å²) < 4.78 is 16.0. The fourth-order valence-electron chi connectivity index (χ4n) is 6.24. The Morgan fingerprint density at radius 2 is 1.57 bits per heavy atom. The standard InChI is InChI=1S/C22H30N2O4/c1-26-18-7-17(8-19(27-2)21(18)28-3)13-23-24-20(25)12-22-9-14-4-15(10-22)6-16(5-14)11-22/h7-8,13-16H,4-6,9-12H2,1-3H3,(H,24,25). The van der Waals surface area contributed by atoms with Crippen molar-refractivity contribution in [2.75, 3.05) is 21.3 Å². The van der Waals surface area contributed by atoms with Crippen LogP contribution in [0.4, 0.5) is 0 Å². The van der Waals surface area contributed by atoms with Crippen LogP contribution in [0.15, 0.2) is 17.2 Å². The molecule has 0 aromatic heterocycles.